The number of ether oxygens (including phenoxy) is 1. The van der Waals surface area contributed by atoms with E-state index < -0.39 is 0 Å². The first-order valence-corrected chi connectivity index (χ1v) is 11.0. The highest BCUT2D eigenvalue weighted by Gasteiger charge is 2.29. The second-order valence-electron chi connectivity index (χ2n) is 7.89. The van der Waals surface area contributed by atoms with Crippen LogP contribution in [0.3, 0.4) is 0 Å². The Morgan fingerprint density at radius 3 is 2.48 bits per heavy atom. The Morgan fingerprint density at radius 2 is 1.73 bits per heavy atom. The standard InChI is InChI=1S/C25H26N4O4/c30-23-14-13-22(27-29(23)16-17-33-21-11-5-2-6-12-21)25(32)28-15-7-8-19(18-28)24(31)26-20-9-3-1-4-10-20/h1-6,9-14,19H,7-8,15-18H2,(H,26,31)/t19-/m1/s1. The zero-order valence-corrected chi connectivity index (χ0v) is 18.2. The van der Waals surface area contributed by atoms with Crippen molar-refractivity contribution in [3.05, 3.63) is 88.8 Å². The molecule has 1 aliphatic rings. The van der Waals surface area contributed by atoms with Crippen LogP contribution in [0.15, 0.2) is 77.6 Å². The third-order valence-electron chi connectivity index (χ3n) is 5.52. The number of amides is 2. The number of anilines is 1. The first-order valence-electron chi connectivity index (χ1n) is 11.0. The van der Waals surface area contributed by atoms with Gasteiger partial charge in [-0.3, -0.25) is 14.4 Å². The quantitative estimate of drug-likeness (QED) is 0.602. The van der Waals surface area contributed by atoms with Crippen LogP contribution in [-0.4, -0.2) is 46.2 Å². The Hall–Kier alpha value is -3.94. The molecule has 0 radical (unpaired) electrons. The van der Waals surface area contributed by atoms with Crippen molar-refractivity contribution in [3.8, 4) is 5.75 Å². The molecule has 8 nitrogen and oxygen atoms in total. The number of hydrogen-bond acceptors (Lipinski definition) is 5. The van der Waals surface area contributed by atoms with Crippen molar-refractivity contribution in [2.24, 2.45) is 5.92 Å². The van der Waals surface area contributed by atoms with Crippen LogP contribution in [0.25, 0.3) is 0 Å². The van der Waals surface area contributed by atoms with Gasteiger partial charge in [-0.25, -0.2) is 4.68 Å². The molecule has 0 spiro atoms. The van der Waals surface area contributed by atoms with Gasteiger partial charge < -0.3 is 15.0 Å². The van der Waals surface area contributed by atoms with Crippen molar-refractivity contribution in [1.82, 2.24) is 14.7 Å². The van der Waals surface area contributed by atoms with Crippen molar-refractivity contribution < 1.29 is 14.3 Å². The number of aromatic nitrogens is 2. The largest absolute Gasteiger partial charge is 0.492 e. The van der Waals surface area contributed by atoms with Gasteiger partial charge in [0.05, 0.1) is 12.5 Å². The highest BCUT2D eigenvalue weighted by molar-refractivity contribution is 5.95. The number of hydrogen-bond donors (Lipinski definition) is 1. The summed E-state index contributed by atoms with van der Waals surface area (Å²) in [5, 5.41) is 7.16. The Morgan fingerprint density at radius 1 is 1.00 bits per heavy atom. The van der Waals surface area contributed by atoms with E-state index >= 15 is 0 Å². The van der Waals surface area contributed by atoms with Gasteiger partial charge in [-0.05, 0) is 43.2 Å². The van der Waals surface area contributed by atoms with Crippen LogP contribution in [0, 0.1) is 5.92 Å². The second-order valence-corrected chi connectivity index (χ2v) is 7.89. The lowest BCUT2D eigenvalue weighted by Gasteiger charge is -2.31. The average Bonchev–Trinajstić information content (AvgIpc) is 2.86. The number of piperidine rings is 1. The van der Waals surface area contributed by atoms with Crippen LogP contribution in [0.4, 0.5) is 5.69 Å². The topological polar surface area (TPSA) is 93.5 Å². The Bertz CT molecular complexity index is 1150. The number of likely N-dealkylation sites (tertiary alicyclic amines) is 1. The number of rotatable bonds is 7. The zero-order chi connectivity index (χ0) is 23.0. The Balaban J connectivity index is 1.38. The summed E-state index contributed by atoms with van der Waals surface area (Å²) in [5.74, 6) is 0.0126. The van der Waals surface area contributed by atoms with Gasteiger partial charge in [-0.1, -0.05) is 36.4 Å². The highest BCUT2D eigenvalue weighted by atomic mass is 16.5. The summed E-state index contributed by atoms with van der Waals surface area (Å²) in [4.78, 5) is 39.6. The number of nitrogens with zero attached hydrogens (tertiary/aromatic N) is 3. The number of para-hydroxylation sites is 2. The van der Waals surface area contributed by atoms with Gasteiger partial charge in [0.2, 0.25) is 5.91 Å². The monoisotopic (exact) mass is 446 g/mol. The van der Waals surface area contributed by atoms with E-state index in [0.717, 1.165) is 12.1 Å². The third kappa shape index (κ3) is 5.85. The van der Waals surface area contributed by atoms with Gasteiger partial charge in [0, 0.05) is 24.8 Å². The number of nitrogens with one attached hydrogen (secondary N) is 1. The predicted molar refractivity (Wildman–Crippen MR) is 124 cm³/mol. The summed E-state index contributed by atoms with van der Waals surface area (Å²) in [6.07, 6.45) is 1.44. The maximum absolute atomic E-state index is 13.1. The molecule has 2 heterocycles. The van der Waals surface area contributed by atoms with Gasteiger partial charge in [-0.2, -0.15) is 5.10 Å². The molecule has 4 rings (SSSR count). The van der Waals surface area contributed by atoms with E-state index in [-0.39, 0.29) is 42.1 Å². The van der Waals surface area contributed by atoms with Gasteiger partial charge >= 0.3 is 0 Å². The molecule has 3 aromatic rings. The van der Waals surface area contributed by atoms with Crippen LogP contribution in [0.5, 0.6) is 5.75 Å². The fourth-order valence-electron chi connectivity index (χ4n) is 3.79. The maximum Gasteiger partial charge on any atom is 0.274 e. The van der Waals surface area contributed by atoms with Gasteiger partial charge in [0.25, 0.3) is 11.5 Å². The lowest BCUT2D eigenvalue weighted by atomic mass is 9.96. The minimum atomic E-state index is -0.304. The summed E-state index contributed by atoms with van der Waals surface area (Å²) in [7, 11) is 0. The van der Waals surface area contributed by atoms with E-state index in [4.69, 9.17) is 4.74 Å². The van der Waals surface area contributed by atoms with Crippen molar-refractivity contribution in [1.29, 1.82) is 0 Å². The SMILES string of the molecule is O=C(Nc1ccccc1)[C@@H]1CCCN(C(=O)c2ccc(=O)n(CCOc3ccccc3)n2)C1. The molecule has 0 bridgehead atoms. The van der Waals surface area contributed by atoms with Crippen LogP contribution >= 0.6 is 0 Å². The van der Waals surface area contributed by atoms with Crippen LogP contribution in [-0.2, 0) is 11.3 Å². The molecule has 1 aromatic heterocycles. The molecule has 0 saturated carbocycles. The Kier molecular flexibility index (Phi) is 7.14. The number of carbonyl (C=O) groups is 2. The van der Waals surface area contributed by atoms with E-state index in [0.29, 0.717) is 25.3 Å². The molecule has 33 heavy (non-hydrogen) atoms. The number of benzene rings is 2. The fraction of sp³-hybridized carbons (Fsp3) is 0.280. The first-order chi connectivity index (χ1) is 16.1. The summed E-state index contributed by atoms with van der Waals surface area (Å²) in [6.45, 7) is 1.33. The van der Waals surface area contributed by atoms with Crippen LogP contribution in [0.1, 0.15) is 23.3 Å². The molecule has 1 fully saturated rings. The fourth-order valence-corrected chi connectivity index (χ4v) is 3.79. The van der Waals surface area contributed by atoms with Gasteiger partial charge in [-0.15, -0.1) is 0 Å². The molecular weight excluding hydrogens is 420 g/mol. The molecule has 1 atom stereocenters. The molecule has 1 N–H and O–H groups in total. The summed E-state index contributed by atoms with van der Waals surface area (Å²) in [6, 6.07) is 21.3. The van der Waals surface area contributed by atoms with E-state index in [1.807, 2.05) is 60.7 Å². The lowest BCUT2D eigenvalue weighted by Crippen LogP contribution is -2.44. The normalized spacial score (nSPS) is 15.6. The second kappa shape index (κ2) is 10.6. The molecule has 8 heteroatoms. The first kappa shape index (κ1) is 22.3. The minimum absolute atomic E-state index is 0.102. The van der Waals surface area contributed by atoms with Gasteiger partial charge in [0.1, 0.15) is 18.1 Å². The zero-order valence-electron chi connectivity index (χ0n) is 18.2. The summed E-state index contributed by atoms with van der Waals surface area (Å²) >= 11 is 0. The molecule has 0 aliphatic carbocycles. The molecule has 1 saturated heterocycles. The third-order valence-corrected chi connectivity index (χ3v) is 5.52. The molecule has 1 aliphatic heterocycles. The Labute approximate surface area is 191 Å². The highest BCUT2D eigenvalue weighted by Crippen LogP contribution is 2.20. The average molecular weight is 447 g/mol. The molecule has 2 amide bonds. The summed E-state index contributed by atoms with van der Waals surface area (Å²) < 4.78 is 6.87. The van der Waals surface area contributed by atoms with E-state index in [1.165, 1.54) is 16.8 Å². The van der Waals surface area contributed by atoms with Crippen molar-refractivity contribution in [2.45, 2.75) is 19.4 Å². The van der Waals surface area contributed by atoms with Gasteiger partial charge in [0.15, 0.2) is 0 Å². The van der Waals surface area contributed by atoms with E-state index in [1.54, 1.807) is 4.90 Å². The number of carbonyl (C=O) groups excluding carboxylic acids is 2. The van der Waals surface area contributed by atoms with Crippen LogP contribution < -0.4 is 15.6 Å². The van der Waals surface area contributed by atoms with E-state index in [2.05, 4.69) is 10.4 Å². The predicted octanol–water partition coefficient (Wildman–Crippen LogP) is 2.81. The molecular formula is C25H26N4O4. The molecule has 170 valence electrons. The van der Waals surface area contributed by atoms with Crippen molar-refractivity contribution >= 4 is 17.5 Å². The van der Waals surface area contributed by atoms with Crippen molar-refractivity contribution in [2.75, 3.05) is 25.0 Å². The molecule has 2 aromatic carbocycles. The van der Waals surface area contributed by atoms with Crippen LogP contribution in [0.2, 0.25) is 0 Å². The lowest BCUT2D eigenvalue weighted by molar-refractivity contribution is -0.121. The van der Waals surface area contributed by atoms with Crippen molar-refractivity contribution in [3.63, 3.8) is 0 Å². The minimum Gasteiger partial charge on any atom is -0.492 e. The smallest absolute Gasteiger partial charge is 0.274 e. The molecule has 0 unspecified atom stereocenters. The van der Waals surface area contributed by atoms with E-state index in [9.17, 15) is 14.4 Å². The maximum atomic E-state index is 13.1. The summed E-state index contributed by atoms with van der Waals surface area (Å²) in [5.41, 5.74) is 0.609.